The van der Waals surface area contributed by atoms with Crippen molar-refractivity contribution in [2.45, 2.75) is 39.2 Å². The van der Waals surface area contributed by atoms with Crippen molar-refractivity contribution in [3.63, 3.8) is 0 Å². The Bertz CT molecular complexity index is 1080. The Morgan fingerprint density at radius 1 is 1.20 bits per heavy atom. The van der Waals surface area contributed by atoms with Crippen molar-refractivity contribution in [3.8, 4) is 6.07 Å². The Kier molecular flexibility index (Phi) is 5.75. The Hall–Kier alpha value is -3.46. The Balaban J connectivity index is 2.05. The van der Waals surface area contributed by atoms with Crippen molar-refractivity contribution in [1.29, 1.82) is 5.26 Å². The second-order valence-electron chi connectivity index (χ2n) is 7.62. The average Bonchev–Trinajstić information content (AvgIpc) is 2.74. The van der Waals surface area contributed by atoms with Crippen LogP contribution < -0.4 is 5.32 Å². The van der Waals surface area contributed by atoms with Crippen molar-refractivity contribution in [2.75, 3.05) is 7.05 Å². The van der Waals surface area contributed by atoms with E-state index in [0.29, 0.717) is 23.1 Å². The summed E-state index contributed by atoms with van der Waals surface area (Å²) < 4.78 is 13.3. The van der Waals surface area contributed by atoms with Crippen LogP contribution in [0.2, 0.25) is 0 Å². The van der Waals surface area contributed by atoms with Crippen molar-refractivity contribution < 1.29 is 14.0 Å². The number of nitrogens with zero attached hydrogens (tertiary/aromatic N) is 2. The van der Waals surface area contributed by atoms with Crippen LogP contribution in [0.4, 0.5) is 4.39 Å². The molecule has 1 atom stereocenters. The molecule has 0 saturated carbocycles. The van der Waals surface area contributed by atoms with Gasteiger partial charge >= 0.3 is 0 Å². The molecule has 2 aromatic rings. The summed E-state index contributed by atoms with van der Waals surface area (Å²) in [6.07, 6.45) is 0.677. The quantitative estimate of drug-likeness (QED) is 0.788. The third-order valence-electron chi connectivity index (χ3n) is 5.96. The lowest BCUT2D eigenvalue weighted by Gasteiger charge is -2.44. The molecule has 0 bridgehead atoms. The number of amides is 2. The minimum atomic E-state index is -1.08. The summed E-state index contributed by atoms with van der Waals surface area (Å²) in [5.41, 5.74) is 2.37. The molecule has 0 radical (unpaired) electrons. The molecule has 3 rings (SSSR count). The third-order valence-corrected chi connectivity index (χ3v) is 5.96. The zero-order chi connectivity index (χ0) is 22.1. The van der Waals surface area contributed by atoms with Gasteiger partial charge in [0.05, 0.1) is 11.6 Å². The SMILES string of the molecule is CCC1(Cc2ccc(F)cc2)C(=O)NC(=C(C)c2c(C)cccc2C#N)C(=O)N1C. The molecular formula is C24H24FN3O2. The van der Waals surface area contributed by atoms with E-state index in [9.17, 15) is 19.2 Å². The van der Waals surface area contributed by atoms with Gasteiger partial charge in [0.15, 0.2) is 0 Å². The summed E-state index contributed by atoms with van der Waals surface area (Å²) in [5, 5.41) is 12.3. The van der Waals surface area contributed by atoms with Gasteiger partial charge in [0.25, 0.3) is 11.8 Å². The number of hydrogen-bond acceptors (Lipinski definition) is 3. The van der Waals surface area contributed by atoms with E-state index in [0.717, 1.165) is 11.1 Å². The van der Waals surface area contributed by atoms with Crippen molar-refractivity contribution >= 4 is 17.4 Å². The van der Waals surface area contributed by atoms with Crippen LogP contribution in [0.15, 0.2) is 48.2 Å². The maximum absolute atomic E-state index is 13.3. The van der Waals surface area contributed by atoms with E-state index < -0.39 is 5.54 Å². The number of carbonyl (C=O) groups excluding carboxylic acids is 2. The first kappa shape index (κ1) is 21.3. The van der Waals surface area contributed by atoms with Crippen LogP contribution in [-0.4, -0.2) is 29.3 Å². The first-order valence-corrected chi connectivity index (χ1v) is 9.80. The predicted molar refractivity (Wildman–Crippen MR) is 113 cm³/mol. The fourth-order valence-corrected chi connectivity index (χ4v) is 4.10. The maximum Gasteiger partial charge on any atom is 0.271 e. The molecule has 0 spiro atoms. The topological polar surface area (TPSA) is 73.2 Å². The highest BCUT2D eigenvalue weighted by Gasteiger charge is 2.48. The van der Waals surface area contributed by atoms with Crippen LogP contribution in [-0.2, 0) is 16.0 Å². The Morgan fingerprint density at radius 3 is 2.47 bits per heavy atom. The monoisotopic (exact) mass is 405 g/mol. The van der Waals surface area contributed by atoms with Gasteiger partial charge in [0.1, 0.15) is 17.1 Å². The number of aryl methyl sites for hydroxylation is 1. The van der Waals surface area contributed by atoms with Crippen LogP contribution in [0.1, 0.15) is 42.5 Å². The van der Waals surface area contributed by atoms with E-state index in [2.05, 4.69) is 11.4 Å². The van der Waals surface area contributed by atoms with Gasteiger partial charge in [0.2, 0.25) is 0 Å². The van der Waals surface area contributed by atoms with E-state index in [4.69, 9.17) is 0 Å². The van der Waals surface area contributed by atoms with Gasteiger partial charge in [-0.05, 0) is 55.2 Å². The average molecular weight is 405 g/mol. The molecular weight excluding hydrogens is 381 g/mol. The highest BCUT2D eigenvalue weighted by molar-refractivity contribution is 6.11. The van der Waals surface area contributed by atoms with Crippen LogP contribution in [0.25, 0.3) is 5.57 Å². The summed E-state index contributed by atoms with van der Waals surface area (Å²) in [7, 11) is 1.62. The molecule has 5 nitrogen and oxygen atoms in total. The van der Waals surface area contributed by atoms with Gasteiger partial charge in [-0.15, -0.1) is 0 Å². The number of nitriles is 1. The zero-order valence-electron chi connectivity index (χ0n) is 17.5. The number of carbonyl (C=O) groups is 2. The summed E-state index contributed by atoms with van der Waals surface area (Å²) in [5.74, 6) is -0.963. The van der Waals surface area contributed by atoms with Gasteiger partial charge < -0.3 is 10.2 Å². The molecule has 1 heterocycles. The molecule has 1 N–H and O–H groups in total. The van der Waals surface area contributed by atoms with Crippen LogP contribution in [0, 0.1) is 24.1 Å². The zero-order valence-corrected chi connectivity index (χ0v) is 17.5. The predicted octanol–water partition coefficient (Wildman–Crippen LogP) is 3.72. The normalized spacial score (nSPS) is 20.6. The molecule has 154 valence electrons. The summed E-state index contributed by atoms with van der Waals surface area (Å²) in [4.78, 5) is 28.1. The van der Waals surface area contributed by atoms with Crippen molar-refractivity contribution in [2.24, 2.45) is 0 Å². The molecule has 30 heavy (non-hydrogen) atoms. The number of rotatable bonds is 4. The minimum absolute atomic E-state index is 0.177. The smallest absolute Gasteiger partial charge is 0.271 e. The molecule has 2 amide bonds. The number of hydrogen-bond donors (Lipinski definition) is 1. The van der Waals surface area contributed by atoms with Crippen molar-refractivity contribution in [3.05, 3.63) is 76.2 Å². The maximum atomic E-state index is 13.3. The van der Waals surface area contributed by atoms with E-state index in [1.54, 1.807) is 38.2 Å². The van der Waals surface area contributed by atoms with Crippen LogP contribution >= 0.6 is 0 Å². The summed E-state index contributed by atoms with van der Waals surface area (Å²) >= 11 is 0. The number of likely N-dealkylation sites (N-methyl/N-ethyl adjacent to an activating group) is 1. The molecule has 1 unspecified atom stereocenters. The van der Waals surface area contributed by atoms with E-state index >= 15 is 0 Å². The minimum Gasteiger partial charge on any atom is -0.325 e. The molecule has 1 saturated heterocycles. The molecule has 1 fully saturated rings. The lowest BCUT2D eigenvalue weighted by molar-refractivity contribution is -0.148. The van der Waals surface area contributed by atoms with Gasteiger partial charge in [0, 0.05) is 19.0 Å². The standard InChI is InChI=1S/C24H24FN3O2/c1-5-24(13-17-9-11-19(25)12-10-17)23(30)27-21(22(29)28(24)4)16(3)20-15(2)7-6-8-18(20)14-26/h6-12H,5,13H2,1-4H3,(H,27,30). The molecule has 2 aromatic carbocycles. The number of benzene rings is 2. The first-order chi connectivity index (χ1) is 14.2. The first-order valence-electron chi connectivity index (χ1n) is 9.80. The fourth-order valence-electron chi connectivity index (χ4n) is 4.10. The van der Waals surface area contributed by atoms with E-state index in [1.165, 1.54) is 17.0 Å². The lowest BCUT2D eigenvalue weighted by atomic mass is 9.82. The molecule has 1 aliphatic heterocycles. The van der Waals surface area contributed by atoms with Gasteiger partial charge in [-0.3, -0.25) is 9.59 Å². The van der Waals surface area contributed by atoms with E-state index in [-0.39, 0.29) is 29.7 Å². The second kappa shape index (κ2) is 8.11. The largest absolute Gasteiger partial charge is 0.325 e. The highest BCUT2D eigenvalue weighted by atomic mass is 19.1. The summed E-state index contributed by atoms with van der Waals surface area (Å²) in [6, 6.07) is 13.4. The number of piperazine rings is 1. The third kappa shape index (κ3) is 3.48. The van der Waals surface area contributed by atoms with Gasteiger partial charge in [-0.25, -0.2) is 4.39 Å². The molecule has 0 aliphatic carbocycles. The summed E-state index contributed by atoms with van der Waals surface area (Å²) in [6.45, 7) is 5.46. The lowest BCUT2D eigenvalue weighted by Crippen LogP contribution is -2.65. The Labute approximate surface area is 175 Å². The molecule has 0 aromatic heterocycles. The second-order valence-corrected chi connectivity index (χ2v) is 7.62. The number of allylic oxidation sites excluding steroid dienone is 1. The number of halogens is 1. The van der Waals surface area contributed by atoms with Gasteiger partial charge in [-0.2, -0.15) is 5.26 Å². The molecule has 1 aliphatic rings. The van der Waals surface area contributed by atoms with Crippen LogP contribution in [0.3, 0.4) is 0 Å². The van der Waals surface area contributed by atoms with E-state index in [1.807, 2.05) is 19.9 Å². The van der Waals surface area contributed by atoms with Gasteiger partial charge in [-0.1, -0.05) is 31.2 Å². The van der Waals surface area contributed by atoms with Crippen LogP contribution in [0.5, 0.6) is 0 Å². The Morgan fingerprint density at radius 2 is 1.87 bits per heavy atom. The highest BCUT2D eigenvalue weighted by Crippen LogP contribution is 2.33. The number of nitrogens with one attached hydrogen (secondary N) is 1. The van der Waals surface area contributed by atoms with Crippen molar-refractivity contribution in [1.82, 2.24) is 10.2 Å². The fraction of sp³-hybridized carbons (Fsp3) is 0.292. The molecule has 6 heteroatoms.